The summed E-state index contributed by atoms with van der Waals surface area (Å²) in [5.74, 6) is 0.748. The van der Waals surface area contributed by atoms with Crippen LogP contribution in [-0.4, -0.2) is 38.8 Å². The third kappa shape index (κ3) is 5.21. The summed E-state index contributed by atoms with van der Waals surface area (Å²) in [4.78, 5) is 17.3. The van der Waals surface area contributed by atoms with Gasteiger partial charge in [0.15, 0.2) is 0 Å². The molecule has 0 spiro atoms. The normalized spacial score (nSPS) is 21.1. The number of hydrogen-bond acceptors (Lipinski definition) is 5. The zero-order chi connectivity index (χ0) is 18.9. The average Bonchev–Trinajstić information content (AvgIpc) is 3.39. The summed E-state index contributed by atoms with van der Waals surface area (Å²) in [6.45, 7) is 4.43. The molecule has 0 aromatic heterocycles. The lowest BCUT2D eigenvalue weighted by molar-refractivity contribution is -0.122. The molecule has 1 heterocycles. The molecule has 3 rings (SSSR count). The smallest absolute Gasteiger partial charge is 0.263 e. The fourth-order valence-corrected chi connectivity index (χ4v) is 4.32. The van der Waals surface area contributed by atoms with Crippen molar-refractivity contribution in [2.24, 2.45) is 22.6 Å². The SMILES string of the molecule is CC(C)CC(N=C1NS(=O)(=O)c2ccccc21)C(=O)NCC(N)C1CC1.Cl. The second kappa shape index (κ2) is 8.58. The van der Waals surface area contributed by atoms with E-state index >= 15 is 0 Å². The van der Waals surface area contributed by atoms with Gasteiger partial charge in [-0.1, -0.05) is 26.0 Å². The Morgan fingerprint density at radius 3 is 2.63 bits per heavy atom. The summed E-state index contributed by atoms with van der Waals surface area (Å²) in [5, 5.41) is 2.88. The molecule has 0 bridgehead atoms. The molecule has 1 saturated carbocycles. The van der Waals surface area contributed by atoms with E-state index in [0.29, 0.717) is 24.4 Å². The van der Waals surface area contributed by atoms with Crippen molar-refractivity contribution in [3.63, 3.8) is 0 Å². The van der Waals surface area contributed by atoms with Crippen LogP contribution in [0.5, 0.6) is 0 Å². The topological polar surface area (TPSA) is 114 Å². The van der Waals surface area contributed by atoms with Crippen LogP contribution in [0.15, 0.2) is 34.2 Å². The van der Waals surface area contributed by atoms with Crippen molar-refractivity contribution >= 4 is 34.2 Å². The second-order valence-electron chi connectivity index (χ2n) is 7.47. The molecule has 1 fully saturated rings. The maximum atomic E-state index is 12.6. The fourth-order valence-electron chi connectivity index (χ4n) is 3.08. The molecule has 2 unspecified atom stereocenters. The van der Waals surface area contributed by atoms with Gasteiger partial charge in [0.25, 0.3) is 10.0 Å². The van der Waals surface area contributed by atoms with E-state index in [-0.39, 0.29) is 41.0 Å². The van der Waals surface area contributed by atoms with E-state index in [1.807, 2.05) is 13.8 Å². The van der Waals surface area contributed by atoms with Gasteiger partial charge in [-0.05, 0) is 43.2 Å². The molecule has 2 atom stereocenters. The minimum atomic E-state index is -3.62. The number of aliphatic imine (C=N–C) groups is 1. The van der Waals surface area contributed by atoms with Gasteiger partial charge in [-0.15, -0.1) is 12.4 Å². The number of nitrogens with zero attached hydrogens (tertiary/aromatic N) is 1. The average molecular weight is 415 g/mol. The first-order valence-corrected chi connectivity index (χ1v) is 10.5. The van der Waals surface area contributed by atoms with Gasteiger partial charge in [0, 0.05) is 18.2 Å². The number of nitrogens with one attached hydrogen (secondary N) is 2. The van der Waals surface area contributed by atoms with Crippen LogP contribution in [-0.2, 0) is 14.8 Å². The predicted octanol–water partition coefficient (Wildman–Crippen LogP) is 1.42. The predicted molar refractivity (Wildman–Crippen MR) is 108 cm³/mol. The number of hydrogen-bond donors (Lipinski definition) is 3. The third-order valence-electron chi connectivity index (χ3n) is 4.68. The molecular weight excluding hydrogens is 388 g/mol. The Balaban J connectivity index is 0.00000261. The lowest BCUT2D eigenvalue weighted by Crippen LogP contribution is -2.43. The van der Waals surface area contributed by atoms with E-state index in [0.717, 1.165) is 12.8 Å². The zero-order valence-electron chi connectivity index (χ0n) is 15.5. The van der Waals surface area contributed by atoms with E-state index in [1.54, 1.807) is 18.2 Å². The Kier molecular flexibility index (Phi) is 6.88. The Hall–Kier alpha value is -1.64. The highest BCUT2D eigenvalue weighted by Crippen LogP contribution is 2.31. The van der Waals surface area contributed by atoms with E-state index in [1.165, 1.54) is 6.07 Å². The van der Waals surface area contributed by atoms with Crippen molar-refractivity contribution in [1.82, 2.24) is 10.0 Å². The van der Waals surface area contributed by atoms with Crippen molar-refractivity contribution in [3.8, 4) is 0 Å². The summed E-state index contributed by atoms with van der Waals surface area (Å²) in [5.41, 5.74) is 6.55. The highest BCUT2D eigenvalue weighted by molar-refractivity contribution is 7.90. The van der Waals surface area contributed by atoms with Gasteiger partial charge in [0.05, 0.1) is 4.90 Å². The number of carbonyl (C=O) groups is 1. The zero-order valence-corrected chi connectivity index (χ0v) is 17.1. The van der Waals surface area contributed by atoms with Crippen LogP contribution in [0.1, 0.15) is 38.7 Å². The Bertz CT molecular complexity index is 822. The number of fused-ring (bicyclic) bond motifs is 1. The van der Waals surface area contributed by atoms with Gasteiger partial charge in [-0.25, -0.2) is 8.42 Å². The van der Waals surface area contributed by atoms with Gasteiger partial charge in [0.1, 0.15) is 11.9 Å². The van der Waals surface area contributed by atoms with Crippen LogP contribution in [0.4, 0.5) is 0 Å². The highest BCUT2D eigenvalue weighted by atomic mass is 35.5. The quantitative estimate of drug-likeness (QED) is 0.625. The lowest BCUT2D eigenvalue weighted by Gasteiger charge is -2.18. The number of halogens is 1. The summed E-state index contributed by atoms with van der Waals surface area (Å²) < 4.78 is 26.9. The Labute approximate surface area is 166 Å². The van der Waals surface area contributed by atoms with Crippen molar-refractivity contribution in [2.75, 3.05) is 6.54 Å². The molecule has 4 N–H and O–H groups in total. The minimum absolute atomic E-state index is 0. The molecule has 9 heteroatoms. The van der Waals surface area contributed by atoms with Gasteiger partial charge in [-0.3, -0.25) is 14.5 Å². The van der Waals surface area contributed by atoms with Gasteiger partial charge < -0.3 is 11.1 Å². The summed E-state index contributed by atoms with van der Waals surface area (Å²) in [6, 6.07) is 5.95. The van der Waals surface area contributed by atoms with Crippen LogP contribution in [0.2, 0.25) is 0 Å². The largest absolute Gasteiger partial charge is 0.353 e. The van der Waals surface area contributed by atoms with Gasteiger partial charge >= 0.3 is 0 Å². The van der Waals surface area contributed by atoms with Crippen molar-refractivity contribution < 1.29 is 13.2 Å². The summed E-state index contributed by atoms with van der Waals surface area (Å²) in [7, 11) is -3.62. The maximum Gasteiger partial charge on any atom is 0.263 e. The van der Waals surface area contributed by atoms with Gasteiger partial charge in [0.2, 0.25) is 5.91 Å². The van der Waals surface area contributed by atoms with Gasteiger partial charge in [-0.2, -0.15) is 0 Å². The van der Waals surface area contributed by atoms with Crippen LogP contribution in [0.3, 0.4) is 0 Å². The fraction of sp³-hybridized carbons (Fsp3) is 0.556. The molecule has 1 aromatic carbocycles. The monoisotopic (exact) mass is 414 g/mol. The number of nitrogens with two attached hydrogens (primary N) is 1. The van der Waals surface area contributed by atoms with Crippen molar-refractivity contribution in [1.29, 1.82) is 0 Å². The lowest BCUT2D eigenvalue weighted by atomic mass is 10.0. The molecule has 1 amide bonds. The molecule has 2 aliphatic rings. The van der Waals surface area contributed by atoms with E-state index in [2.05, 4.69) is 15.0 Å². The standard InChI is InChI=1S/C18H26N4O3S.ClH/c1-11(2)9-15(18(23)20-10-14(19)12-7-8-12)21-17-13-5-3-4-6-16(13)26(24,25)22-17;/h3-6,11-12,14-15H,7-10,19H2,1-2H3,(H,20,23)(H,21,22);1H. The number of sulfonamides is 1. The van der Waals surface area contributed by atoms with E-state index in [4.69, 9.17) is 5.73 Å². The number of amidine groups is 1. The molecule has 150 valence electrons. The van der Waals surface area contributed by atoms with Crippen LogP contribution in [0.25, 0.3) is 0 Å². The van der Waals surface area contributed by atoms with Crippen molar-refractivity contribution in [2.45, 2.75) is 50.1 Å². The van der Waals surface area contributed by atoms with E-state index in [9.17, 15) is 13.2 Å². The molecule has 1 aliphatic heterocycles. The number of rotatable bonds is 7. The first-order chi connectivity index (χ1) is 12.3. The number of carbonyl (C=O) groups excluding carboxylic acids is 1. The number of benzene rings is 1. The summed E-state index contributed by atoms with van der Waals surface area (Å²) >= 11 is 0. The highest BCUT2D eigenvalue weighted by Gasteiger charge is 2.33. The first kappa shape index (κ1) is 21.7. The summed E-state index contributed by atoms with van der Waals surface area (Å²) in [6.07, 6.45) is 2.76. The molecule has 7 nitrogen and oxygen atoms in total. The molecule has 0 saturated heterocycles. The Morgan fingerprint density at radius 2 is 2.00 bits per heavy atom. The number of amides is 1. The maximum absolute atomic E-state index is 12.6. The molecule has 1 aromatic rings. The van der Waals surface area contributed by atoms with E-state index < -0.39 is 16.1 Å². The van der Waals surface area contributed by atoms with Crippen LogP contribution >= 0.6 is 12.4 Å². The second-order valence-corrected chi connectivity index (χ2v) is 9.12. The molecule has 27 heavy (non-hydrogen) atoms. The van der Waals surface area contributed by atoms with Crippen LogP contribution < -0.4 is 15.8 Å². The molecule has 0 radical (unpaired) electrons. The third-order valence-corrected chi connectivity index (χ3v) is 6.08. The Morgan fingerprint density at radius 1 is 1.33 bits per heavy atom. The van der Waals surface area contributed by atoms with Crippen molar-refractivity contribution in [3.05, 3.63) is 29.8 Å². The van der Waals surface area contributed by atoms with Crippen LogP contribution in [0, 0.1) is 11.8 Å². The molecule has 1 aliphatic carbocycles. The minimum Gasteiger partial charge on any atom is -0.353 e. The first-order valence-electron chi connectivity index (χ1n) is 9.01. The molecular formula is C18H27ClN4O3S.